The van der Waals surface area contributed by atoms with Crippen LogP contribution in [0.5, 0.6) is 0 Å². The lowest BCUT2D eigenvalue weighted by Gasteiger charge is -2.05. The van der Waals surface area contributed by atoms with Crippen LogP contribution in [-0.2, 0) is 26.1 Å². The highest BCUT2D eigenvalue weighted by molar-refractivity contribution is 7.89. The van der Waals surface area contributed by atoms with Gasteiger partial charge in [-0.15, -0.1) is 11.3 Å². The van der Waals surface area contributed by atoms with E-state index in [1.165, 1.54) is 41.0 Å². The van der Waals surface area contributed by atoms with Gasteiger partial charge >= 0.3 is 5.97 Å². The lowest BCUT2D eigenvalue weighted by atomic mass is 10.2. The number of primary sulfonamides is 1. The van der Waals surface area contributed by atoms with Crippen molar-refractivity contribution in [2.45, 2.75) is 18.4 Å². The number of nitro groups is 1. The highest BCUT2D eigenvalue weighted by Gasteiger charge is 2.17. The molecule has 14 heteroatoms. The number of nitrogens with zero attached hydrogens (tertiary/aromatic N) is 3. The van der Waals surface area contributed by atoms with E-state index in [4.69, 9.17) is 9.88 Å². The molecule has 0 aliphatic carbocycles. The zero-order valence-corrected chi connectivity index (χ0v) is 19.9. The Balaban J connectivity index is 1.83. The number of fused-ring (bicyclic) bond motifs is 2. The van der Waals surface area contributed by atoms with Gasteiger partial charge in [-0.2, -0.15) is 4.99 Å². The number of ether oxygens (including phenoxy) is 1. The molecule has 0 aliphatic heterocycles. The summed E-state index contributed by atoms with van der Waals surface area (Å²) in [6.07, 6.45) is 0. The second-order valence-corrected chi connectivity index (χ2v) is 10.6. The zero-order valence-electron chi connectivity index (χ0n) is 17.5. The fourth-order valence-electron chi connectivity index (χ4n) is 3.20. The summed E-state index contributed by atoms with van der Waals surface area (Å²) in [7, 11) is -3.96. The van der Waals surface area contributed by atoms with Crippen LogP contribution in [0.15, 0.2) is 52.4 Å². The number of non-ortho nitro benzene ring substituents is 1. The average molecular weight is 521 g/mol. The van der Waals surface area contributed by atoms with Crippen LogP contribution in [0.4, 0.5) is 5.69 Å². The van der Waals surface area contributed by atoms with Crippen LogP contribution in [0.2, 0.25) is 0 Å². The maximum absolute atomic E-state index is 12.9. The Labute approximate surface area is 199 Å². The molecule has 2 heterocycles. The minimum atomic E-state index is -3.96. The molecule has 0 aliphatic rings. The van der Waals surface area contributed by atoms with Gasteiger partial charge in [0.1, 0.15) is 6.54 Å². The Morgan fingerprint density at radius 3 is 2.59 bits per heavy atom. The largest absolute Gasteiger partial charge is 0.465 e. The minimum absolute atomic E-state index is 0.0938. The first kappa shape index (κ1) is 23.7. The number of benzene rings is 2. The molecule has 176 valence electrons. The number of hydrogen-bond acceptors (Lipinski definition) is 9. The third kappa shape index (κ3) is 4.75. The summed E-state index contributed by atoms with van der Waals surface area (Å²) in [6.45, 7) is 1.58. The van der Waals surface area contributed by atoms with Gasteiger partial charge in [0, 0.05) is 22.2 Å². The van der Waals surface area contributed by atoms with Crippen LogP contribution in [0.1, 0.15) is 16.6 Å². The van der Waals surface area contributed by atoms with E-state index in [0.717, 1.165) is 22.7 Å². The maximum atomic E-state index is 12.9. The van der Waals surface area contributed by atoms with Crippen LogP contribution in [0.3, 0.4) is 0 Å². The van der Waals surface area contributed by atoms with Crippen molar-refractivity contribution in [3.63, 3.8) is 0 Å². The molecule has 2 N–H and O–H groups in total. The summed E-state index contributed by atoms with van der Waals surface area (Å²) < 4.78 is 31.1. The topological polar surface area (TPSA) is 164 Å². The molecular formula is C20H16N4O7S3. The molecule has 1 amide bonds. The van der Waals surface area contributed by atoms with Gasteiger partial charge in [0.25, 0.3) is 11.6 Å². The molecule has 34 heavy (non-hydrogen) atoms. The predicted octanol–water partition coefficient (Wildman–Crippen LogP) is 2.78. The van der Waals surface area contributed by atoms with Crippen LogP contribution >= 0.6 is 22.7 Å². The SMILES string of the molecule is CCOC(=O)Cn1c(=NC(=O)c2cc3cc([N+](=O)[O-])ccc3s2)sc2cc(S(N)(=O)=O)ccc21. The number of nitrogens with two attached hydrogens (primary N) is 1. The van der Waals surface area contributed by atoms with E-state index in [1.54, 1.807) is 13.0 Å². The number of carbonyl (C=O) groups is 2. The van der Waals surface area contributed by atoms with Crippen molar-refractivity contribution in [1.29, 1.82) is 0 Å². The molecule has 0 radical (unpaired) electrons. The third-order valence-corrected chi connectivity index (χ3v) is 7.75. The van der Waals surface area contributed by atoms with E-state index < -0.39 is 26.8 Å². The van der Waals surface area contributed by atoms with Gasteiger partial charge in [0.15, 0.2) is 4.80 Å². The summed E-state index contributed by atoms with van der Waals surface area (Å²) in [6, 6.07) is 9.93. The standard InChI is InChI=1S/C20H16N4O7S3/c1-2-31-18(25)10-23-14-5-4-13(34(21,29)30)9-16(14)33-20(23)22-19(26)17-8-11-7-12(24(27)28)3-6-15(11)32-17/h3-9H,2,10H2,1H3,(H2,21,29,30). The molecule has 0 fully saturated rings. The van der Waals surface area contributed by atoms with Crippen LogP contribution in [0, 0.1) is 10.1 Å². The fraction of sp³-hybridized carbons (Fsp3) is 0.150. The van der Waals surface area contributed by atoms with E-state index in [0.29, 0.717) is 20.3 Å². The predicted molar refractivity (Wildman–Crippen MR) is 126 cm³/mol. The number of hydrogen-bond donors (Lipinski definition) is 1. The first-order valence-electron chi connectivity index (χ1n) is 9.65. The van der Waals surface area contributed by atoms with Crippen LogP contribution < -0.4 is 9.94 Å². The molecule has 0 saturated carbocycles. The number of thiazole rings is 1. The Morgan fingerprint density at radius 1 is 1.15 bits per heavy atom. The lowest BCUT2D eigenvalue weighted by molar-refractivity contribution is -0.384. The lowest BCUT2D eigenvalue weighted by Crippen LogP contribution is -2.23. The highest BCUT2D eigenvalue weighted by Crippen LogP contribution is 2.29. The van der Waals surface area contributed by atoms with E-state index in [-0.39, 0.29) is 33.4 Å². The summed E-state index contributed by atoms with van der Waals surface area (Å²) in [5.74, 6) is -1.17. The summed E-state index contributed by atoms with van der Waals surface area (Å²) >= 11 is 2.14. The average Bonchev–Trinajstić information content (AvgIpc) is 3.34. The summed E-state index contributed by atoms with van der Waals surface area (Å²) in [5.41, 5.74) is 0.382. The number of esters is 1. The van der Waals surface area contributed by atoms with Crippen molar-refractivity contribution >= 4 is 70.6 Å². The first-order chi connectivity index (χ1) is 16.1. The van der Waals surface area contributed by atoms with Crippen molar-refractivity contribution in [2.75, 3.05) is 6.61 Å². The Kier molecular flexibility index (Phi) is 6.31. The molecular weight excluding hydrogens is 504 g/mol. The van der Waals surface area contributed by atoms with Gasteiger partial charge in [-0.3, -0.25) is 19.7 Å². The second-order valence-electron chi connectivity index (χ2n) is 6.96. The molecule has 4 rings (SSSR count). The Morgan fingerprint density at radius 2 is 1.91 bits per heavy atom. The minimum Gasteiger partial charge on any atom is -0.465 e. The zero-order chi connectivity index (χ0) is 24.6. The monoisotopic (exact) mass is 520 g/mol. The maximum Gasteiger partial charge on any atom is 0.326 e. The number of rotatable bonds is 6. The number of sulfonamides is 1. The smallest absolute Gasteiger partial charge is 0.326 e. The van der Waals surface area contributed by atoms with Crippen LogP contribution in [-0.4, -0.2) is 36.4 Å². The van der Waals surface area contributed by atoms with Crippen molar-refractivity contribution < 1.29 is 27.7 Å². The molecule has 0 unspecified atom stereocenters. The number of thiophene rings is 1. The normalized spacial score (nSPS) is 12.4. The molecule has 0 atom stereocenters. The van der Waals surface area contributed by atoms with Crippen molar-refractivity contribution in [3.8, 4) is 0 Å². The van der Waals surface area contributed by atoms with E-state index in [9.17, 15) is 28.1 Å². The van der Waals surface area contributed by atoms with Gasteiger partial charge in [-0.1, -0.05) is 11.3 Å². The van der Waals surface area contributed by atoms with Gasteiger partial charge in [-0.25, -0.2) is 13.6 Å². The number of amides is 1. The number of aromatic nitrogens is 1. The molecule has 0 saturated heterocycles. The quantitative estimate of drug-likeness (QED) is 0.232. The van der Waals surface area contributed by atoms with E-state index >= 15 is 0 Å². The molecule has 4 aromatic rings. The molecule has 0 bridgehead atoms. The van der Waals surface area contributed by atoms with Crippen molar-refractivity contribution in [2.24, 2.45) is 10.1 Å². The van der Waals surface area contributed by atoms with Gasteiger partial charge in [-0.05, 0) is 37.3 Å². The van der Waals surface area contributed by atoms with Crippen molar-refractivity contribution in [1.82, 2.24) is 4.57 Å². The molecule has 0 spiro atoms. The van der Waals surface area contributed by atoms with E-state index in [1.807, 2.05) is 0 Å². The Bertz CT molecular complexity index is 1650. The summed E-state index contributed by atoms with van der Waals surface area (Å²) in [4.78, 5) is 40.0. The fourth-order valence-corrected chi connectivity index (χ4v) is 5.81. The second kappa shape index (κ2) is 9.06. The molecule has 11 nitrogen and oxygen atoms in total. The van der Waals surface area contributed by atoms with Crippen molar-refractivity contribution in [3.05, 3.63) is 62.3 Å². The van der Waals surface area contributed by atoms with Gasteiger partial charge in [0.05, 0.1) is 31.5 Å². The molecule has 2 aromatic heterocycles. The summed E-state index contributed by atoms with van der Waals surface area (Å²) in [5, 5.41) is 16.8. The number of carbonyl (C=O) groups excluding carboxylic acids is 2. The Hall–Kier alpha value is -3.46. The van der Waals surface area contributed by atoms with Crippen LogP contribution in [0.25, 0.3) is 20.3 Å². The first-order valence-corrected chi connectivity index (χ1v) is 12.8. The highest BCUT2D eigenvalue weighted by atomic mass is 32.2. The number of nitro benzene ring substituents is 1. The third-order valence-electron chi connectivity index (χ3n) is 4.69. The van der Waals surface area contributed by atoms with E-state index in [2.05, 4.69) is 4.99 Å². The van der Waals surface area contributed by atoms with Gasteiger partial charge in [0.2, 0.25) is 10.0 Å². The van der Waals surface area contributed by atoms with Gasteiger partial charge < -0.3 is 9.30 Å². The molecule has 2 aromatic carbocycles.